The van der Waals surface area contributed by atoms with Crippen molar-refractivity contribution in [1.82, 2.24) is 20.2 Å². The fraction of sp³-hybridized carbons (Fsp3) is 0.833. The monoisotopic (exact) mass is 284 g/mol. The number of carboxylic acids is 1. The first kappa shape index (κ1) is 14.3. The molecule has 106 valence electrons. The molecule has 0 spiro atoms. The molecule has 1 fully saturated rings. The number of carbonyl (C=O) groups is 1. The fourth-order valence-electron chi connectivity index (χ4n) is 2.35. The maximum Gasteiger partial charge on any atom is 0.303 e. The molecule has 0 bridgehead atoms. The lowest BCUT2D eigenvalue weighted by molar-refractivity contribution is -0.138. The van der Waals surface area contributed by atoms with Crippen LogP contribution in [0.25, 0.3) is 0 Å². The minimum absolute atomic E-state index is 0.0911. The summed E-state index contributed by atoms with van der Waals surface area (Å²) in [6.45, 7) is 2.61. The van der Waals surface area contributed by atoms with Crippen molar-refractivity contribution < 1.29 is 9.90 Å². The molecule has 0 radical (unpaired) electrons. The van der Waals surface area contributed by atoms with Gasteiger partial charge in [0.25, 0.3) is 0 Å². The summed E-state index contributed by atoms with van der Waals surface area (Å²) < 4.78 is 1.81. The number of nitrogens with zero attached hydrogens (tertiary/aromatic N) is 4. The van der Waals surface area contributed by atoms with E-state index >= 15 is 0 Å². The quantitative estimate of drug-likeness (QED) is 0.862. The zero-order valence-electron chi connectivity index (χ0n) is 11.2. The molecule has 1 aliphatic rings. The Labute approximate surface area is 117 Å². The van der Waals surface area contributed by atoms with Crippen LogP contribution >= 0.6 is 11.8 Å². The maximum absolute atomic E-state index is 10.8. The van der Waals surface area contributed by atoms with Crippen molar-refractivity contribution in [3.63, 3.8) is 0 Å². The van der Waals surface area contributed by atoms with Gasteiger partial charge in [0.1, 0.15) is 0 Å². The summed E-state index contributed by atoms with van der Waals surface area (Å²) in [5.74, 6) is 1.40. The van der Waals surface area contributed by atoms with Gasteiger partial charge in [-0.25, -0.2) is 4.68 Å². The Kier molecular flexibility index (Phi) is 5.18. The van der Waals surface area contributed by atoms with Gasteiger partial charge in [0.2, 0.25) is 0 Å². The summed E-state index contributed by atoms with van der Waals surface area (Å²) in [5.41, 5.74) is 0. The van der Waals surface area contributed by atoms with Crippen LogP contribution in [0.1, 0.15) is 50.1 Å². The molecule has 0 aromatic carbocycles. The van der Waals surface area contributed by atoms with Crippen LogP contribution in [0.15, 0.2) is 0 Å². The summed E-state index contributed by atoms with van der Waals surface area (Å²) in [7, 11) is 0. The highest BCUT2D eigenvalue weighted by atomic mass is 32.2. The number of thioether (sulfide) groups is 1. The third-order valence-electron chi connectivity index (χ3n) is 3.50. The van der Waals surface area contributed by atoms with Crippen molar-refractivity contribution in [1.29, 1.82) is 0 Å². The lowest BCUT2D eigenvalue weighted by atomic mass is 10.0. The van der Waals surface area contributed by atoms with Gasteiger partial charge in [-0.1, -0.05) is 19.8 Å². The van der Waals surface area contributed by atoms with Crippen LogP contribution in [-0.4, -0.2) is 37.0 Å². The smallest absolute Gasteiger partial charge is 0.303 e. The lowest BCUT2D eigenvalue weighted by Gasteiger charge is -2.21. The van der Waals surface area contributed by atoms with E-state index in [0.717, 1.165) is 24.4 Å². The molecule has 2 unspecified atom stereocenters. The second-order valence-corrected chi connectivity index (χ2v) is 6.26. The first-order valence-electron chi connectivity index (χ1n) is 6.80. The Morgan fingerprint density at radius 2 is 2.42 bits per heavy atom. The number of aliphatic carboxylic acids is 1. The van der Waals surface area contributed by atoms with Gasteiger partial charge in [-0.05, 0) is 34.9 Å². The summed E-state index contributed by atoms with van der Waals surface area (Å²) in [6.07, 6.45) is 4.59. The van der Waals surface area contributed by atoms with E-state index in [4.69, 9.17) is 5.11 Å². The number of hydrogen-bond acceptors (Lipinski definition) is 5. The number of carboxylic acid groups (broad SMARTS) is 1. The van der Waals surface area contributed by atoms with Gasteiger partial charge >= 0.3 is 5.97 Å². The zero-order chi connectivity index (χ0) is 13.7. The van der Waals surface area contributed by atoms with E-state index in [-0.39, 0.29) is 12.3 Å². The minimum Gasteiger partial charge on any atom is -0.481 e. The van der Waals surface area contributed by atoms with Gasteiger partial charge < -0.3 is 5.11 Å². The van der Waals surface area contributed by atoms with Gasteiger partial charge in [0.15, 0.2) is 5.82 Å². The highest BCUT2D eigenvalue weighted by Gasteiger charge is 2.23. The molecule has 1 N–H and O–H groups in total. The van der Waals surface area contributed by atoms with Crippen LogP contribution in [-0.2, 0) is 11.3 Å². The molecule has 0 saturated carbocycles. The predicted octanol–water partition coefficient (Wildman–Crippen LogP) is 2.13. The molecule has 2 atom stereocenters. The summed E-state index contributed by atoms with van der Waals surface area (Å²) in [6, 6.07) is 0. The van der Waals surface area contributed by atoms with Crippen molar-refractivity contribution in [3.05, 3.63) is 5.82 Å². The fourth-order valence-corrected chi connectivity index (χ4v) is 3.65. The van der Waals surface area contributed by atoms with Gasteiger partial charge in [-0.2, -0.15) is 11.8 Å². The minimum atomic E-state index is -0.756. The van der Waals surface area contributed by atoms with Crippen molar-refractivity contribution in [2.24, 2.45) is 5.92 Å². The summed E-state index contributed by atoms with van der Waals surface area (Å²) >= 11 is 1.90. The zero-order valence-corrected chi connectivity index (χ0v) is 12.0. The Bertz CT molecular complexity index is 418. The van der Waals surface area contributed by atoms with E-state index in [2.05, 4.69) is 15.5 Å². The predicted molar refractivity (Wildman–Crippen MR) is 72.9 cm³/mol. The normalized spacial score (nSPS) is 21.2. The van der Waals surface area contributed by atoms with Crippen molar-refractivity contribution in [3.8, 4) is 0 Å². The van der Waals surface area contributed by atoms with Crippen molar-refractivity contribution in [2.45, 2.75) is 50.8 Å². The molecular formula is C12H20N4O2S. The Morgan fingerprint density at radius 1 is 1.58 bits per heavy atom. The number of aromatic nitrogens is 4. The molecule has 19 heavy (non-hydrogen) atoms. The van der Waals surface area contributed by atoms with Crippen molar-refractivity contribution in [2.75, 3.05) is 5.75 Å². The van der Waals surface area contributed by atoms with E-state index in [1.807, 2.05) is 18.7 Å². The molecule has 0 amide bonds. The van der Waals surface area contributed by atoms with Crippen LogP contribution in [0, 0.1) is 5.92 Å². The summed E-state index contributed by atoms with van der Waals surface area (Å²) in [5, 5.41) is 21.2. The topological polar surface area (TPSA) is 80.9 Å². The second kappa shape index (κ2) is 6.88. The molecule has 2 heterocycles. The molecule has 1 aliphatic heterocycles. The SMILES string of the molecule is CCC(CC(=O)O)Cn1nnnc1C1CCCCS1. The number of hydrogen-bond donors (Lipinski definition) is 1. The van der Waals surface area contributed by atoms with E-state index in [0.29, 0.717) is 11.8 Å². The second-order valence-electron chi connectivity index (χ2n) is 4.95. The Morgan fingerprint density at radius 3 is 3.05 bits per heavy atom. The molecule has 1 aromatic heterocycles. The van der Waals surface area contributed by atoms with E-state index < -0.39 is 5.97 Å². The highest BCUT2D eigenvalue weighted by molar-refractivity contribution is 7.99. The third-order valence-corrected chi connectivity index (χ3v) is 4.87. The van der Waals surface area contributed by atoms with Crippen LogP contribution in [0.5, 0.6) is 0 Å². The molecule has 6 nitrogen and oxygen atoms in total. The van der Waals surface area contributed by atoms with Crippen molar-refractivity contribution >= 4 is 17.7 Å². The summed E-state index contributed by atoms with van der Waals surface area (Å²) in [4.78, 5) is 10.8. The van der Waals surface area contributed by atoms with E-state index in [9.17, 15) is 4.79 Å². The number of rotatable bonds is 6. The van der Waals surface area contributed by atoms with Gasteiger partial charge in [-0.3, -0.25) is 4.79 Å². The molecular weight excluding hydrogens is 264 g/mol. The molecule has 0 aliphatic carbocycles. The van der Waals surface area contributed by atoms with E-state index in [1.165, 1.54) is 12.8 Å². The molecule has 2 rings (SSSR count). The highest BCUT2D eigenvalue weighted by Crippen LogP contribution is 2.37. The maximum atomic E-state index is 10.8. The average Bonchev–Trinajstić information content (AvgIpc) is 2.86. The van der Waals surface area contributed by atoms with Gasteiger partial charge in [0.05, 0.1) is 5.25 Å². The standard InChI is InChI=1S/C12H20N4O2S/c1-2-9(7-11(17)18)8-16-12(13-14-15-16)10-5-3-4-6-19-10/h9-10H,2-8H2,1H3,(H,17,18). The van der Waals surface area contributed by atoms with Crippen LogP contribution in [0.4, 0.5) is 0 Å². The van der Waals surface area contributed by atoms with E-state index in [1.54, 1.807) is 4.68 Å². The third kappa shape index (κ3) is 3.92. The average molecular weight is 284 g/mol. The first-order chi connectivity index (χ1) is 9.20. The van der Waals surface area contributed by atoms with Gasteiger partial charge in [-0.15, -0.1) is 5.10 Å². The Hall–Kier alpha value is -1.11. The van der Waals surface area contributed by atoms with Gasteiger partial charge in [0, 0.05) is 13.0 Å². The first-order valence-corrected chi connectivity index (χ1v) is 7.85. The van der Waals surface area contributed by atoms with Crippen LogP contribution in [0.2, 0.25) is 0 Å². The van der Waals surface area contributed by atoms with Crippen LogP contribution in [0.3, 0.4) is 0 Å². The number of tetrazole rings is 1. The lowest BCUT2D eigenvalue weighted by Crippen LogP contribution is -2.19. The van der Waals surface area contributed by atoms with Crippen LogP contribution < -0.4 is 0 Å². The molecule has 1 saturated heterocycles. The molecule has 1 aromatic rings. The molecule has 7 heteroatoms. The largest absolute Gasteiger partial charge is 0.481 e. The Balaban J connectivity index is 2.03.